The number of benzene rings is 2. The number of ether oxygens (including phenoxy) is 3. The van der Waals surface area contributed by atoms with Crippen molar-refractivity contribution >= 4 is 95.7 Å². The number of hydrogen-bond donors (Lipinski definition) is 1. The average Bonchev–Trinajstić information content (AvgIpc) is 3.37. The van der Waals surface area contributed by atoms with Crippen molar-refractivity contribution in [1.29, 1.82) is 0 Å². The minimum absolute atomic E-state index is 0.265. The Balaban J connectivity index is 1.60. The van der Waals surface area contributed by atoms with Crippen molar-refractivity contribution in [3.63, 3.8) is 0 Å². The molecular formula is C26H24Cl3N3O6S3. The molecule has 2 aromatic carbocycles. The maximum atomic E-state index is 13.7. The molecule has 4 rings (SSSR count). The molecule has 41 heavy (non-hydrogen) atoms. The molecule has 0 bridgehead atoms. The number of amides is 2. The lowest BCUT2D eigenvalue weighted by Gasteiger charge is -2.55. The number of alkyl halides is 3. The first kappa shape index (κ1) is 31.7. The standard InChI is InChI=1S/C26H24Cl3N3O6S3/c1-15(2)20(21(34)38-25(28,29)14-27)32-22(35)26(36-3,31-19(33)13-37-16-9-5-4-6-10-16)23(32)40-41-24-30-17-11-7-8-12-18(17)39-24/h4-12,20,23H,1,13-14H2,2-3H3,(H,31,33). The Morgan fingerprint density at radius 3 is 2.54 bits per heavy atom. The summed E-state index contributed by atoms with van der Waals surface area (Å²) in [5.74, 6) is -2.21. The third-order valence-corrected chi connectivity index (χ3v) is 10.9. The highest BCUT2D eigenvalue weighted by Gasteiger charge is 2.66. The normalized spacial score (nSPS) is 19.4. The van der Waals surface area contributed by atoms with E-state index in [-0.39, 0.29) is 12.2 Å². The second-order valence-corrected chi connectivity index (χ2v) is 14.0. The van der Waals surface area contributed by atoms with Crippen molar-refractivity contribution < 1.29 is 28.6 Å². The largest absolute Gasteiger partial charge is 0.484 e. The number of nitrogens with zero attached hydrogens (tertiary/aromatic N) is 2. The summed E-state index contributed by atoms with van der Waals surface area (Å²) in [5.41, 5.74) is -0.761. The molecule has 218 valence electrons. The first-order chi connectivity index (χ1) is 19.5. The number of fused-ring (bicyclic) bond motifs is 1. The number of aromatic nitrogens is 1. The van der Waals surface area contributed by atoms with Crippen molar-refractivity contribution in [3.8, 4) is 5.75 Å². The fourth-order valence-corrected chi connectivity index (χ4v) is 8.22. The summed E-state index contributed by atoms with van der Waals surface area (Å²) in [5, 5.41) is 1.71. The van der Waals surface area contributed by atoms with Crippen molar-refractivity contribution in [2.45, 2.75) is 32.9 Å². The topological polar surface area (TPSA) is 107 Å². The predicted octanol–water partition coefficient (Wildman–Crippen LogP) is 5.60. The maximum absolute atomic E-state index is 13.7. The van der Waals surface area contributed by atoms with Gasteiger partial charge in [-0.2, -0.15) is 0 Å². The minimum Gasteiger partial charge on any atom is -0.484 e. The smallest absolute Gasteiger partial charge is 0.335 e. The number of carbonyl (C=O) groups excluding carboxylic acids is 3. The molecule has 1 saturated heterocycles. The lowest BCUT2D eigenvalue weighted by Crippen LogP contribution is -2.82. The van der Waals surface area contributed by atoms with Crippen LogP contribution in [-0.4, -0.2) is 68.9 Å². The zero-order valence-electron chi connectivity index (χ0n) is 21.7. The fraction of sp³-hybridized carbons (Fsp3) is 0.308. The number of hydrogen-bond acceptors (Lipinski definition) is 10. The molecule has 9 nitrogen and oxygen atoms in total. The number of halogens is 3. The lowest BCUT2D eigenvalue weighted by atomic mass is 9.95. The summed E-state index contributed by atoms with van der Waals surface area (Å²) in [6.45, 7) is 5.03. The van der Waals surface area contributed by atoms with Gasteiger partial charge in [-0.1, -0.05) is 70.9 Å². The van der Waals surface area contributed by atoms with Gasteiger partial charge in [0.2, 0.25) is 0 Å². The van der Waals surface area contributed by atoms with Gasteiger partial charge in [-0.15, -0.1) is 22.9 Å². The summed E-state index contributed by atoms with van der Waals surface area (Å²) >= 11 is 19.1. The molecule has 15 heteroatoms. The molecule has 1 aromatic heterocycles. The van der Waals surface area contributed by atoms with Gasteiger partial charge in [0.1, 0.15) is 11.1 Å². The molecule has 3 atom stereocenters. The molecular weight excluding hydrogens is 653 g/mol. The number of carbonyl (C=O) groups is 3. The third kappa shape index (κ3) is 7.07. The summed E-state index contributed by atoms with van der Waals surface area (Å²) in [7, 11) is 3.71. The molecule has 3 unspecified atom stereocenters. The van der Waals surface area contributed by atoms with E-state index < -0.39 is 45.3 Å². The Kier molecular flexibility index (Phi) is 10.4. The van der Waals surface area contributed by atoms with Crippen LogP contribution in [0.25, 0.3) is 10.2 Å². The Hall–Kier alpha value is -2.19. The van der Waals surface area contributed by atoms with Crippen molar-refractivity contribution in [3.05, 3.63) is 66.7 Å². The highest BCUT2D eigenvalue weighted by Crippen LogP contribution is 2.50. The lowest BCUT2D eigenvalue weighted by molar-refractivity contribution is -0.202. The minimum atomic E-state index is -2.03. The van der Waals surface area contributed by atoms with E-state index in [1.807, 2.05) is 30.3 Å². The molecule has 1 aliphatic rings. The molecule has 2 heterocycles. The monoisotopic (exact) mass is 675 g/mol. The van der Waals surface area contributed by atoms with E-state index in [2.05, 4.69) is 16.9 Å². The Morgan fingerprint density at radius 2 is 1.90 bits per heavy atom. The molecule has 2 amide bonds. The van der Waals surface area contributed by atoms with Gasteiger partial charge >= 0.3 is 5.97 Å². The van der Waals surface area contributed by atoms with E-state index in [0.29, 0.717) is 10.1 Å². The molecule has 1 aliphatic heterocycles. The van der Waals surface area contributed by atoms with E-state index >= 15 is 0 Å². The zero-order valence-corrected chi connectivity index (χ0v) is 26.4. The van der Waals surface area contributed by atoms with Crippen LogP contribution in [0.2, 0.25) is 0 Å². The summed E-state index contributed by atoms with van der Waals surface area (Å²) in [6.07, 6.45) is 0. The first-order valence-electron chi connectivity index (χ1n) is 11.9. The zero-order chi connectivity index (χ0) is 29.8. The highest BCUT2D eigenvalue weighted by atomic mass is 35.5. The van der Waals surface area contributed by atoms with E-state index in [9.17, 15) is 14.4 Å². The number of para-hydroxylation sites is 2. The third-order valence-electron chi connectivity index (χ3n) is 5.77. The molecule has 1 fully saturated rings. The van der Waals surface area contributed by atoms with E-state index in [0.717, 1.165) is 10.2 Å². The number of nitrogens with one attached hydrogen (secondary N) is 1. The summed E-state index contributed by atoms with van der Waals surface area (Å²) in [4.78, 5) is 45.7. The molecule has 0 saturated carbocycles. The van der Waals surface area contributed by atoms with Gasteiger partial charge in [-0.25, -0.2) is 9.78 Å². The van der Waals surface area contributed by atoms with Crippen LogP contribution in [0.3, 0.4) is 0 Å². The molecule has 0 aliphatic carbocycles. The Bertz CT molecular complexity index is 1410. The fourth-order valence-electron chi connectivity index (χ4n) is 3.92. The van der Waals surface area contributed by atoms with Gasteiger partial charge < -0.3 is 24.4 Å². The van der Waals surface area contributed by atoms with Crippen LogP contribution >= 0.6 is 67.7 Å². The van der Waals surface area contributed by atoms with Gasteiger partial charge in [0, 0.05) is 7.11 Å². The molecule has 3 aromatic rings. The van der Waals surface area contributed by atoms with Crippen LogP contribution in [0.15, 0.2) is 71.1 Å². The van der Waals surface area contributed by atoms with Crippen LogP contribution in [-0.2, 0) is 23.9 Å². The van der Waals surface area contributed by atoms with Crippen LogP contribution in [0, 0.1) is 0 Å². The number of esters is 1. The number of thiazole rings is 1. The average molecular weight is 677 g/mol. The Morgan fingerprint density at radius 1 is 1.22 bits per heavy atom. The maximum Gasteiger partial charge on any atom is 0.335 e. The van der Waals surface area contributed by atoms with Crippen LogP contribution in [0.4, 0.5) is 0 Å². The second-order valence-electron chi connectivity index (χ2n) is 8.72. The SMILES string of the molecule is C=C(C)C(C(=O)OC(Cl)(Cl)CCl)N1C(=O)C(NC(=O)COc2ccccc2)(OC)C1SSc1nc2ccccc2s1. The molecule has 0 spiro atoms. The predicted molar refractivity (Wildman–Crippen MR) is 163 cm³/mol. The number of β-lactam (4-membered cyclic amide) rings is 1. The van der Waals surface area contributed by atoms with Crippen molar-refractivity contribution in [1.82, 2.24) is 15.2 Å². The summed E-state index contributed by atoms with van der Waals surface area (Å²) < 4.78 is 16.0. The van der Waals surface area contributed by atoms with E-state index in [4.69, 9.17) is 49.0 Å². The van der Waals surface area contributed by atoms with Crippen molar-refractivity contribution in [2.24, 2.45) is 0 Å². The van der Waals surface area contributed by atoms with Gasteiger partial charge in [0.15, 0.2) is 17.0 Å². The summed E-state index contributed by atoms with van der Waals surface area (Å²) in [6, 6.07) is 15.1. The second kappa shape index (κ2) is 13.4. The number of likely N-dealkylation sites (tertiary alicyclic amines) is 1. The quantitative estimate of drug-likeness (QED) is 0.0618. The van der Waals surface area contributed by atoms with Gasteiger partial charge in [0.25, 0.3) is 22.1 Å². The van der Waals surface area contributed by atoms with Crippen LogP contribution in [0.1, 0.15) is 6.92 Å². The number of rotatable bonds is 13. The van der Waals surface area contributed by atoms with E-state index in [1.165, 1.54) is 44.9 Å². The van der Waals surface area contributed by atoms with Crippen LogP contribution in [0.5, 0.6) is 5.75 Å². The first-order valence-corrected chi connectivity index (χ1v) is 16.2. The van der Waals surface area contributed by atoms with Gasteiger partial charge in [-0.3, -0.25) is 9.59 Å². The van der Waals surface area contributed by atoms with Crippen molar-refractivity contribution in [2.75, 3.05) is 19.6 Å². The van der Waals surface area contributed by atoms with E-state index in [1.54, 1.807) is 31.2 Å². The highest BCUT2D eigenvalue weighted by molar-refractivity contribution is 8.77. The van der Waals surface area contributed by atoms with Crippen LogP contribution < -0.4 is 10.1 Å². The number of methoxy groups -OCH3 is 1. The molecule has 0 radical (unpaired) electrons. The molecule has 1 N–H and O–H groups in total. The Labute approximate surface area is 263 Å². The van der Waals surface area contributed by atoms with Gasteiger partial charge in [-0.05, 0) is 47.6 Å². The van der Waals surface area contributed by atoms with Gasteiger partial charge in [0.05, 0.1) is 16.1 Å².